The summed E-state index contributed by atoms with van der Waals surface area (Å²) in [5, 5.41) is 1.04. The smallest absolute Gasteiger partial charge is 0.169 e. The van der Waals surface area contributed by atoms with Crippen LogP contribution in [0.25, 0.3) is 33.0 Å². The molecule has 0 saturated carbocycles. The predicted molar refractivity (Wildman–Crippen MR) is 250 cm³/mol. The highest BCUT2D eigenvalue weighted by molar-refractivity contribution is 6.05. The van der Waals surface area contributed by atoms with Crippen LogP contribution in [-0.2, 0) is 10.8 Å². The molecule has 0 aliphatic rings. The van der Waals surface area contributed by atoms with Gasteiger partial charge in [0, 0.05) is 22.3 Å². The first-order chi connectivity index (χ1) is 30.7. The second-order valence-electron chi connectivity index (χ2n) is 16.6. The van der Waals surface area contributed by atoms with Crippen LogP contribution >= 0.6 is 0 Å². The molecule has 0 aliphatic carbocycles. The Kier molecular flexibility index (Phi) is 13.3. The summed E-state index contributed by atoms with van der Waals surface area (Å²) in [6, 6.07) is 44.2. The molecule has 324 valence electrons. The SMILES string of the molecule is CCC(CC)c1c(-c2ccccc2)c(-c2ccccc2)c(C(C)(CC)CC)c2ccc(C(c3ccc(C#Cc4ccccc4)c(C#Cc4ccccc4)c3)(C(F)(F)F)C(F)(F)F)cc12. The maximum Gasteiger partial charge on any atom is 0.411 e. The van der Waals surface area contributed by atoms with Crippen LogP contribution in [0.2, 0.25) is 0 Å². The van der Waals surface area contributed by atoms with Gasteiger partial charge in [-0.25, -0.2) is 0 Å². The Labute approximate surface area is 373 Å². The average Bonchev–Trinajstić information content (AvgIpc) is 3.30. The van der Waals surface area contributed by atoms with Crippen LogP contribution in [0.5, 0.6) is 0 Å². The highest BCUT2D eigenvalue weighted by atomic mass is 19.4. The largest absolute Gasteiger partial charge is 0.411 e. The summed E-state index contributed by atoms with van der Waals surface area (Å²) in [5.74, 6) is 11.6. The zero-order chi connectivity index (χ0) is 45.7. The lowest BCUT2D eigenvalue weighted by Gasteiger charge is -2.39. The molecule has 0 nitrogen and oxygen atoms in total. The molecule has 0 bridgehead atoms. The van der Waals surface area contributed by atoms with Crippen LogP contribution < -0.4 is 0 Å². The number of benzene rings is 7. The first kappa shape index (κ1) is 45.5. The fourth-order valence-corrected chi connectivity index (χ4v) is 9.19. The Morgan fingerprint density at radius 3 is 1.36 bits per heavy atom. The van der Waals surface area contributed by atoms with Crippen molar-refractivity contribution in [2.24, 2.45) is 0 Å². The Hall–Kier alpha value is -6.50. The lowest BCUT2D eigenvalue weighted by atomic mass is 9.67. The Bertz CT molecular complexity index is 2830. The number of halogens is 6. The van der Waals surface area contributed by atoms with E-state index >= 15 is 26.3 Å². The molecule has 0 fully saturated rings. The first-order valence-corrected chi connectivity index (χ1v) is 21.9. The zero-order valence-corrected chi connectivity index (χ0v) is 36.7. The number of hydrogen-bond acceptors (Lipinski definition) is 0. The van der Waals surface area contributed by atoms with Gasteiger partial charge in [0.1, 0.15) is 0 Å². The van der Waals surface area contributed by atoms with Crippen LogP contribution in [0.4, 0.5) is 26.3 Å². The van der Waals surface area contributed by atoms with E-state index in [1.54, 1.807) is 54.6 Å². The normalized spacial score (nSPS) is 12.1. The van der Waals surface area contributed by atoms with E-state index in [1.165, 1.54) is 18.2 Å². The van der Waals surface area contributed by atoms with E-state index in [-0.39, 0.29) is 17.0 Å². The van der Waals surface area contributed by atoms with Gasteiger partial charge in [-0.3, -0.25) is 0 Å². The minimum Gasteiger partial charge on any atom is -0.169 e. The van der Waals surface area contributed by atoms with Crippen molar-refractivity contribution in [3.05, 3.63) is 202 Å². The van der Waals surface area contributed by atoms with E-state index in [0.29, 0.717) is 47.6 Å². The van der Waals surface area contributed by atoms with Crippen molar-refractivity contribution >= 4 is 10.8 Å². The molecule has 7 aromatic rings. The summed E-state index contributed by atoms with van der Waals surface area (Å²) in [7, 11) is 0. The molecule has 0 N–H and O–H groups in total. The maximum absolute atomic E-state index is 16.3. The van der Waals surface area contributed by atoms with E-state index in [0.717, 1.165) is 51.6 Å². The van der Waals surface area contributed by atoms with Crippen molar-refractivity contribution in [1.29, 1.82) is 0 Å². The summed E-state index contributed by atoms with van der Waals surface area (Å²) < 4.78 is 97.9. The van der Waals surface area contributed by atoms with Crippen molar-refractivity contribution in [3.8, 4) is 45.9 Å². The highest BCUT2D eigenvalue weighted by Crippen LogP contribution is 2.58. The molecule has 0 radical (unpaired) electrons. The third-order valence-electron chi connectivity index (χ3n) is 13.0. The van der Waals surface area contributed by atoms with Crippen LogP contribution in [0.1, 0.15) is 111 Å². The van der Waals surface area contributed by atoms with E-state index in [9.17, 15) is 0 Å². The Balaban J connectivity index is 1.64. The second-order valence-corrected chi connectivity index (χ2v) is 16.6. The molecule has 0 saturated heterocycles. The predicted octanol–water partition coefficient (Wildman–Crippen LogP) is 16.4. The fourth-order valence-electron chi connectivity index (χ4n) is 9.19. The van der Waals surface area contributed by atoms with E-state index in [4.69, 9.17) is 0 Å². The van der Waals surface area contributed by atoms with Crippen LogP contribution in [0.3, 0.4) is 0 Å². The molecule has 6 heteroatoms. The number of fused-ring (bicyclic) bond motifs is 1. The Morgan fingerprint density at radius 2 is 0.891 bits per heavy atom. The topological polar surface area (TPSA) is 0 Å². The lowest BCUT2D eigenvalue weighted by Crippen LogP contribution is -2.54. The van der Waals surface area contributed by atoms with Gasteiger partial charge in [-0.15, -0.1) is 0 Å². The Morgan fingerprint density at radius 1 is 0.453 bits per heavy atom. The molecule has 0 unspecified atom stereocenters. The van der Waals surface area contributed by atoms with Gasteiger partial charge in [0.2, 0.25) is 5.41 Å². The summed E-state index contributed by atoms with van der Waals surface area (Å²) in [4.78, 5) is 0. The first-order valence-electron chi connectivity index (χ1n) is 21.9. The molecule has 0 aliphatic heterocycles. The summed E-state index contributed by atoms with van der Waals surface area (Å²) in [6.07, 6.45) is -9.10. The van der Waals surface area contributed by atoms with Gasteiger partial charge in [-0.1, -0.05) is 174 Å². The molecular weight excluding hydrogens is 811 g/mol. The third kappa shape index (κ3) is 8.47. The van der Waals surface area contributed by atoms with Crippen molar-refractivity contribution in [2.75, 3.05) is 0 Å². The van der Waals surface area contributed by atoms with E-state index in [2.05, 4.69) is 44.5 Å². The van der Waals surface area contributed by atoms with Crippen molar-refractivity contribution in [1.82, 2.24) is 0 Å². The monoisotopic (exact) mass is 860 g/mol. The molecule has 7 aromatic carbocycles. The molecule has 0 spiro atoms. The van der Waals surface area contributed by atoms with Crippen LogP contribution in [-0.4, -0.2) is 12.4 Å². The van der Waals surface area contributed by atoms with Gasteiger partial charge >= 0.3 is 12.4 Å². The molecule has 64 heavy (non-hydrogen) atoms. The van der Waals surface area contributed by atoms with Crippen molar-refractivity contribution < 1.29 is 26.3 Å². The molecule has 0 amide bonds. The number of hydrogen-bond donors (Lipinski definition) is 0. The maximum atomic E-state index is 16.3. The van der Waals surface area contributed by atoms with Crippen LogP contribution in [0.15, 0.2) is 158 Å². The zero-order valence-electron chi connectivity index (χ0n) is 36.7. The van der Waals surface area contributed by atoms with E-state index in [1.807, 2.05) is 80.6 Å². The average molecular weight is 861 g/mol. The van der Waals surface area contributed by atoms with Gasteiger partial charge in [0.25, 0.3) is 0 Å². The third-order valence-corrected chi connectivity index (χ3v) is 13.0. The molecule has 0 atom stereocenters. The van der Waals surface area contributed by atoms with Crippen molar-refractivity contribution in [2.45, 2.75) is 89.4 Å². The van der Waals surface area contributed by atoms with Gasteiger partial charge in [0.15, 0.2) is 0 Å². The van der Waals surface area contributed by atoms with Crippen LogP contribution in [0, 0.1) is 23.7 Å². The lowest BCUT2D eigenvalue weighted by molar-refractivity contribution is -0.288. The summed E-state index contributed by atoms with van der Waals surface area (Å²) in [5.41, 5.74) is -0.326. The summed E-state index contributed by atoms with van der Waals surface area (Å²) in [6.45, 7) is 10.4. The second kappa shape index (κ2) is 18.7. The number of alkyl halides is 6. The standard InChI is InChI=1S/C58H50F6/c1-6-42(7-2)51-50-39-48(36-37-49(50)54(55(5,8-3)9-4)53(45-28-20-13-21-29-45)52(51)44-26-18-12-19-27-44)56(57(59,60)61,58(62,63)64)47-35-34-43(32-30-40-22-14-10-15-23-40)46(38-47)33-31-41-24-16-11-17-25-41/h10-29,34-39,42H,6-9H2,1-5H3. The van der Waals surface area contributed by atoms with Crippen molar-refractivity contribution in [3.63, 3.8) is 0 Å². The molecule has 7 rings (SSSR count). The van der Waals surface area contributed by atoms with Gasteiger partial charge < -0.3 is 0 Å². The minimum atomic E-state index is -5.84. The number of rotatable bonds is 10. The molecule has 0 heterocycles. The summed E-state index contributed by atoms with van der Waals surface area (Å²) >= 11 is 0. The fraction of sp³-hybridized carbons (Fsp3) is 0.241. The van der Waals surface area contributed by atoms with Gasteiger partial charge in [0.05, 0.1) is 0 Å². The minimum absolute atomic E-state index is 0.0519. The van der Waals surface area contributed by atoms with Gasteiger partial charge in [-0.05, 0) is 135 Å². The quantitative estimate of drug-likeness (QED) is 0.0949. The molecular formula is C58H50F6. The van der Waals surface area contributed by atoms with Gasteiger partial charge in [-0.2, -0.15) is 26.3 Å². The highest BCUT2D eigenvalue weighted by Gasteiger charge is 2.72. The molecule has 0 aromatic heterocycles. The van der Waals surface area contributed by atoms with E-state index < -0.39 is 34.3 Å².